The van der Waals surface area contributed by atoms with Gasteiger partial charge < -0.3 is 19.9 Å². The normalized spacial score (nSPS) is 11.9. The van der Waals surface area contributed by atoms with E-state index in [-0.39, 0.29) is 12.5 Å². The van der Waals surface area contributed by atoms with Crippen molar-refractivity contribution in [1.82, 2.24) is 10.2 Å². The van der Waals surface area contributed by atoms with Crippen molar-refractivity contribution in [3.8, 4) is 11.5 Å². The van der Waals surface area contributed by atoms with Crippen LogP contribution in [0, 0.1) is 0 Å². The van der Waals surface area contributed by atoms with Crippen LogP contribution in [0.4, 0.5) is 0 Å². The molecular weight excluding hydrogens is 360 g/mol. The summed E-state index contributed by atoms with van der Waals surface area (Å²) < 4.78 is 10.4. The molecule has 28 heavy (non-hydrogen) atoms. The van der Waals surface area contributed by atoms with Crippen LogP contribution in [0.2, 0.25) is 0 Å². The zero-order chi connectivity index (χ0) is 20.7. The summed E-state index contributed by atoms with van der Waals surface area (Å²) in [6.07, 6.45) is 0. The van der Waals surface area contributed by atoms with Crippen LogP contribution in [-0.2, 0) is 9.59 Å². The Labute approximate surface area is 164 Å². The number of carboxylic acid groups (broad SMARTS) is 1. The highest BCUT2D eigenvalue weighted by Gasteiger charge is 2.22. The van der Waals surface area contributed by atoms with E-state index >= 15 is 0 Å². The van der Waals surface area contributed by atoms with Crippen molar-refractivity contribution < 1.29 is 24.2 Å². The zero-order valence-electron chi connectivity index (χ0n) is 16.5. The Hall–Kier alpha value is -3.06. The van der Waals surface area contributed by atoms with Gasteiger partial charge in [0.25, 0.3) is 0 Å². The van der Waals surface area contributed by atoms with E-state index in [1.807, 2.05) is 48.5 Å². The molecule has 1 unspecified atom stereocenters. The topological polar surface area (TPSA) is 88.1 Å². The Morgan fingerprint density at radius 2 is 1.39 bits per heavy atom. The van der Waals surface area contributed by atoms with Gasteiger partial charge in [0.1, 0.15) is 17.5 Å². The molecule has 0 aliphatic rings. The Morgan fingerprint density at radius 1 is 0.964 bits per heavy atom. The second kappa shape index (κ2) is 9.75. The monoisotopic (exact) mass is 386 g/mol. The number of aliphatic carboxylic acids is 1. The molecule has 0 bridgehead atoms. The molecule has 0 spiro atoms. The van der Waals surface area contributed by atoms with Crippen molar-refractivity contribution in [2.24, 2.45) is 0 Å². The summed E-state index contributed by atoms with van der Waals surface area (Å²) in [4.78, 5) is 25.2. The van der Waals surface area contributed by atoms with Gasteiger partial charge in [-0.25, -0.2) is 0 Å². The molecule has 0 heterocycles. The van der Waals surface area contributed by atoms with Crippen LogP contribution < -0.4 is 14.8 Å². The summed E-state index contributed by atoms with van der Waals surface area (Å²) in [7, 11) is 4.79. The number of likely N-dealkylation sites (N-methyl/N-ethyl adjacent to an activating group) is 1. The quantitative estimate of drug-likeness (QED) is 0.688. The van der Waals surface area contributed by atoms with Crippen molar-refractivity contribution in [3.63, 3.8) is 0 Å². The third-order valence-corrected chi connectivity index (χ3v) is 4.62. The second-order valence-electron chi connectivity index (χ2n) is 6.48. The standard InChI is InChI=1S/C21H26N2O5/c1-14(21(25)26)23(2)13-19(24)22-20(15-5-9-17(27-3)10-6-15)16-7-11-18(28-4)12-8-16/h5-12,14,20H,13H2,1-4H3,(H,22,24)(H,25,26). The van der Waals surface area contributed by atoms with E-state index in [0.29, 0.717) is 0 Å². The minimum Gasteiger partial charge on any atom is -0.497 e. The molecule has 2 aromatic carbocycles. The van der Waals surface area contributed by atoms with Gasteiger partial charge in [-0.15, -0.1) is 0 Å². The maximum absolute atomic E-state index is 12.6. The first-order valence-corrected chi connectivity index (χ1v) is 8.86. The molecule has 1 atom stereocenters. The highest BCUT2D eigenvalue weighted by atomic mass is 16.5. The molecule has 0 saturated heterocycles. The van der Waals surface area contributed by atoms with E-state index < -0.39 is 18.1 Å². The number of hydrogen-bond donors (Lipinski definition) is 2. The van der Waals surface area contributed by atoms with Gasteiger partial charge in [0.05, 0.1) is 26.8 Å². The van der Waals surface area contributed by atoms with Gasteiger partial charge in [0.15, 0.2) is 0 Å². The fourth-order valence-electron chi connectivity index (χ4n) is 2.71. The van der Waals surface area contributed by atoms with Crippen LogP contribution in [-0.4, -0.2) is 55.7 Å². The summed E-state index contributed by atoms with van der Waals surface area (Å²) in [5.41, 5.74) is 1.77. The lowest BCUT2D eigenvalue weighted by Gasteiger charge is -2.24. The van der Waals surface area contributed by atoms with E-state index in [0.717, 1.165) is 22.6 Å². The van der Waals surface area contributed by atoms with E-state index in [9.17, 15) is 9.59 Å². The first-order valence-electron chi connectivity index (χ1n) is 8.86. The predicted octanol–water partition coefficient (Wildman–Crippen LogP) is 2.31. The molecule has 2 N–H and O–H groups in total. The summed E-state index contributed by atoms with van der Waals surface area (Å²) in [5.74, 6) is 0.196. The molecule has 0 saturated carbocycles. The molecule has 150 valence electrons. The average molecular weight is 386 g/mol. The summed E-state index contributed by atoms with van der Waals surface area (Å²) in [6.45, 7) is 1.51. The fourth-order valence-corrected chi connectivity index (χ4v) is 2.71. The number of nitrogens with zero attached hydrogens (tertiary/aromatic N) is 1. The van der Waals surface area contributed by atoms with Gasteiger partial charge in [0, 0.05) is 0 Å². The van der Waals surface area contributed by atoms with Crippen LogP contribution in [0.25, 0.3) is 0 Å². The molecule has 0 aliphatic heterocycles. The number of carbonyl (C=O) groups excluding carboxylic acids is 1. The van der Waals surface area contributed by atoms with Gasteiger partial charge in [-0.05, 0) is 49.4 Å². The largest absolute Gasteiger partial charge is 0.497 e. The summed E-state index contributed by atoms with van der Waals surface area (Å²) in [5, 5.41) is 12.1. The maximum atomic E-state index is 12.6. The van der Waals surface area contributed by atoms with Crippen molar-refractivity contribution in [1.29, 1.82) is 0 Å². The van der Waals surface area contributed by atoms with E-state index in [1.54, 1.807) is 28.2 Å². The molecule has 2 rings (SSSR count). The first-order chi connectivity index (χ1) is 13.3. The number of nitrogens with one attached hydrogen (secondary N) is 1. The smallest absolute Gasteiger partial charge is 0.320 e. The maximum Gasteiger partial charge on any atom is 0.320 e. The Kier molecular flexibility index (Phi) is 7.40. The van der Waals surface area contributed by atoms with Crippen LogP contribution >= 0.6 is 0 Å². The molecule has 0 aromatic heterocycles. The Morgan fingerprint density at radius 3 is 1.75 bits per heavy atom. The molecule has 0 radical (unpaired) electrons. The van der Waals surface area contributed by atoms with Gasteiger partial charge in [-0.3, -0.25) is 14.5 Å². The SMILES string of the molecule is COc1ccc(C(NC(=O)CN(C)C(C)C(=O)O)c2ccc(OC)cc2)cc1. The van der Waals surface area contributed by atoms with Gasteiger partial charge in [-0.2, -0.15) is 0 Å². The van der Waals surface area contributed by atoms with Crippen molar-refractivity contribution >= 4 is 11.9 Å². The third kappa shape index (κ3) is 5.47. The molecular formula is C21H26N2O5. The molecule has 2 aromatic rings. The van der Waals surface area contributed by atoms with E-state index in [2.05, 4.69) is 5.32 Å². The number of amides is 1. The number of methoxy groups -OCH3 is 2. The van der Waals surface area contributed by atoms with Crippen LogP contribution in [0.1, 0.15) is 24.1 Å². The van der Waals surface area contributed by atoms with Gasteiger partial charge >= 0.3 is 5.97 Å². The molecule has 7 nitrogen and oxygen atoms in total. The predicted molar refractivity (Wildman–Crippen MR) is 106 cm³/mol. The van der Waals surface area contributed by atoms with Crippen LogP contribution in [0.3, 0.4) is 0 Å². The van der Waals surface area contributed by atoms with Crippen LogP contribution in [0.5, 0.6) is 11.5 Å². The fraction of sp³-hybridized carbons (Fsp3) is 0.333. The lowest BCUT2D eigenvalue weighted by molar-refractivity contribution is -0.142. The van der Waals surface area contributed by atoms with Crippen LogP contribution in [0.15, 0.2) is 48.5 Å². The number of rotatable bonds is 9. The number of ether oxygens (including phenoxy) is 2. The summed E-state index contributed by atoms with van der Waals surface area (Å²) >= 11 is 0. The molecule has 7 heteroatoms. The highest BCUT2D eigenvalue weighted by molar-refractivity contribution is 5.80. The molecule has 0 aliphatic carbocycles. The van der Waals surface area contributed by atoms with Crippen molar-refractivity contribution in [2.45, 2.75) is 19.0 Å². The second-order valence-corrected chi connectivity index (χ2v) is 6.48. The molecule has 1 amide bonds. The number of carboxylic acids is 1. The van der Waals surface area contributed by atoms with Crippen molar-refractivity contribution in [3.05, 3.63) is 59.7 Å². The van der Waals surface area contributed by atoms with Gasteiger partial charge in [0.2, 0.25) is 5.91 Å². The Balaban J connectivity index is 2.24. The first kappa shape index (κ1) is 21.2. The van der Waals surface area contributed by atoms with E-state index in [4.69, 9.17) is 14.6 Å². The number of benzene rings is 2. The highest BCUT2D eigenvalue weighted by Crippen LogP contribution is 2.26. The minimum atomic E-state index is -0.975. The molecule has 0 fully saturated rings. The summed E-state index contributed by atoms with van der Waals surface area (Å²) in [6, 6.07) is 13.7. The Bertz CT molecular complexity index is 742. The van der Waals surface area contributed by atoms with Gasteiger partial charge in [-0.1, -0.05) is 24.3 Å². The zero-order valence-corrected chi connectivity index (χ0v) is 16.5. The van der Waals surface area contributed by atoms with E-state index in [1.165, 1.54) is 4.90 Å². The number of carbonyl (C=O) groups is 2. The lowest BCUT2D eigenvalue weighted by atomic mass is 9.98. The van der Waals surface area contributed by atoms with Crippen molar-refractivity contribution in [2.75, 3.05) is 27.8 Å². The minimum absolute atomic E-state index is 0.0315. The lowest BCUT2D eigenvalue weighted by Crippen LogP contribution is -2.43. The third-order valence-electron chi connectivity index (χ3n) is 4.62. The number of hydrogen-bond acceptors (Lipinski definition) is 5. The average Bonchev–Trinajstić information content (AvgIpc) is 2.71.